The molecule has 1 saturated heterocycles. The summed E-state index contributed by atoms with van der Waals surface area (Å²) in [6, 6.07) is 5.52. The van der Waals surface area contributed by atoms with Gasteiger partial charge in [-0.15, -0.1) is 0 Å². The molecule has 19 heavy (non-hydrogen) atoms. The Labute approximate surface area is 122 Å². The van der Waals surface area contributed by atoms with Crippen molar-refractivity contribution in [3.63, 3.8) is 0 Å². The Bertz CT molecular complexity index is 407. The maximum Gasteiger partial charge on any atom is 0.142 e. The second-order valence-electron chi connectivity index (χ2n) is 5.02. The van der Waals surface area contributed by atoms with Crippen molar-refractivity contribution in [3.8, 4) is 0 Å². The van der Waals surface area contributed by atoms with Gasteiger partial charge < -0.3 is 10.1 Å². The first kappa shape index (κ1) is 14.9. The fourth-order valence-corrected chi connectivity index (χ4v) is 2.90. The highest BCUT2D eigenvalue weighted by atomic mass is 79.9. The maximum atomic E-state index is 14.2. The molecule has 2 unspecified atom stereocenters. The molecule has 0 aliphatic carbocycles. The fourth-order valence-electron chi connectivity index (χ4n) is 2.52. The normalized spacial score (nSPS) is 20.7. The minimum Gasteiger partial charge on any atom is -0.378 e. The molecule has 0 spiro atoms. The van der Waals surface area contributed by atoms with Gasteiger partial charge in [0.05, 0.1) is 10.6 Å². The Morgan fingerprint density at radius 2 is 2.37 bits per heavy atom. The molecule has 0 aromatic heterocycles. The van der Waals surface area contributed by atoms with E-state index in [0.29, 0.717) is 4.47 Å². The van der Waals surface area contributed by atoms with Crippen LogP contribution in [0.5, 0.6) is 0 Å². The van der Waals surface area contributed by atoms with Crippen LogP contribution in [0.25, 0.3) is 0 Å². The summed E-state index contributed by atoms with van der Waals surface area (Å²) in [5.41, 5.74) is 0.735. The van der Waals surface area contributed by atoms with Crippen LogP contribution in [0.15, 0.2) is 22.7 Å². The van der Waals surface area contributed by atoms with E-state index < -0.39 is 0 Å². The molecule has 1 heterocycles. The molecule has 1 fully saturated rings. The van der Waals surface area contributed by atoms with E-state index in [1.807, 2.05) is 12.1 Å². The van der Waals surface area contributed by atoms with E-state index >= 15 is 0 Å². The third-order valence-electron chi connectivity index (χ3n) is 3.52. The first-order valence-corrected chi connectivity index (χ1v) is 7.80. The van der Waals surface area contributed by atoms with Crippen LogP contribution in [-0.2, 0) is 4.74 Å². The zero-order valence-electron chi connectivity index (χ0n) is 11.3. The molecule has 1 aliphatic heterocycles. The van der Waals surface area contributed by atoms with Gasteiger partial charge in [-0.2, -0.15) is 0 Å². The molecule has 1 aromatic carbocycles. The molecule has 4 heteroatoms. The Morgan fingerprint density at radius 3 is 3.05 bits per heavy atom. The van der Waals surface area contributed by atoms with Crippen LogP contribution in [0.4, 0.5) is 4.39 Å². The summed E-state index contributed by atoms with van der Waals surface area (Å²) in [7, 11) is 0. The molecule has 0 amide bonds. The first-order valence-electron chi connectivity index (χ1n) is 7.01. The fraction of sp³-hybridized carbons (Fsp3) is 0.600. The number of hydrogen-bond donors (Lipinski definition) is 1. The van der Waals surface area contributed by atoms with Crippen molar-refractivity contribution in [2.24, 2.45) is 0 Å². The van der Waals surface area contributed by atoms with E-state index in [2.05, 4.69) is 28.2 Å². The molecule has 1 aromatic rings. The Kier molecular flexibility index (Phi) is 5.79. The molecular weight excluding hydrogens is 309 g/mol. The van der Waals surface area contributed by atoms with Gasteiger partial charge in [0, 0.05) is 18.2 Å². The van der Waals surface area contributed by atoms with Crippen molar-refractivity contribution in [1.29, 1.82) is 0 Å². The lowest BCUT2D eigenvalue weighted by atomic mass is 9.98. The largest absolute Gasteiger partial charge is 0.378 e. The second kappa shape index (κ2) is 7.36. The average molecular weight is 330 g/mol. The van der Waals surface area contributed by atoms with Crippen molar-refractivity contribution < 1.29 is 9.13 Å². The van der Waals surface area contributed by atoms with Gasteiger partial charge in [-0.1, -0.05) is 19.1 Å². The molecule has 2 nitrogen and oxygen atoms in total. The van der Waals surface area contributed by atoms with Crippen molar-refractivity contribution in [1.82, 2.24) is 5.32 Å². The highest BCUT2D eigenvalue weighted by molar-refractivity contribution is 9.10. The van der Waals surface area contributed by atoms with Gasteiger partial charge in [0.15, 0.2) is 0 Å². The van der Waals surface area contributed by atoms with E-state index in [4.69, 9.17) is 4.74 Å². The van der Waals surface area contributed by atoms with Crippen LogP contribution in [0.2, 0.25) is 0 Å². The lowest BCUT2D eigenvalue weighted by Crippen LogP contribution is -2.27. The van der Waals surface area contributed by atoms with Gasteiger partial charge in [-0.05, 0) is 54.2 Å². The van der Waals surface area contributed by atoms with Gasteiger partial charge in [0.1, 0.15) is 5.82 Å². The summed E-state index contributed by atoms with van der Waals surface area (Å²) in [5, 5.41) is 3.44. The second-order valence-corrected chi connectivity index (χ2v) is 5.87. The predicted octanol–water partition coefficient (Wildman–Crippen LogP) is 4.20. The SMILES string of the molecule is CCCNC(CC1CCCO1)c1cccc(Br)c1F. The van der Waals surface area contributed by atoms with Gasteiger partial charge in [-0.25, -0.2) is 4.39 Å². The van der Waals surface area contributed by atoms with Gasteiger partial charge in [0.25, 0.3) is 0 Å². The standard InChI is InChI=1S/C15H21BrFNO/c1-2-8-18-14(10-11-5-4-9-19-11)12-6-3-7-13(16)15(12)17/h3,6-7,11,14,18H,2,4-5,8-10H2,1H3. The van der Waals surface area contributed by atoms with Crippen molar-refractivity contribution >= 4 is 15.9 Å². The Hall–Kier alpha value is -0.450. The van der Waals surface area contributed by atoms with E-state index in [-0.39, 0.29) is 18.0 Å². The molecule has 0 radical (unpaired) electrons. The minimum atomic E-state index is -0.158. The highest BCUT2D eigenvalue weighted by Gasteiger charge is 2.24. The van der Waals surface area contributed by atoms with E-state index in [9.17, 15) is 4.39 Å². The van der Waals surface area contributed by atoms with Gasteiger partial charge in [0.2, 0.25) is 0 Å². The van der Waals surface area contributed by atoms with Crippen molar-refractivity contribution in [3.05, 3.63) is 34.1 Å². The average Bonchev–Trinajstić information content (AvgIpc) is 2.91. The molecular formula is C15H21BrFNO. The number of benzene rings is 1. The maximum absolute atomic E-state index is 14.2. The summed E-state index contributed by atoms with van der Waals surface area (Å²) in [4.78, 5) is 0. The Balaban J connectivity index is 2.13. The van der Waals surface area contributed by atoms with Crippen LogP contribution in [0.3, 0.4) is 0 Å². The number of nitrogens with one attached hydrogen (secondary N) is 1. The summed E-state index contributed by atoms with van der Waals surface area (Å²) in [6.07, 6.45) is 4.34. The highest BCUT2D eigenvalue weighted by Crippen LogP contribution is 2.29. The number of halogens is 2. The molecule has 1 aliphatic rings. The zero-order chi connectivity index (χ0) is 13.7. The molecule has 0 bridgehead atoms. The van der Waals surface area contributed by atoms with Gasteiger partial charge >= 0.3 is 0 Å². The molecule has 2 rings (SSSR count). The minimum absolute atomic E-state index is 0.0283. The first-order chi connectivity index (χ1) is 9.22. The zero-order valence-corrected chi connectivity index (χ0v) is 12.9. The summed E-state index contributed by atoms with van der Waals surface area (Å²) in [5.74, 6) is -0.158. The van der Waals surface area contributed by atoms with Crippen LogP contribution in [0, 0.1) is 5.82 Å². The number of hydrogen-bond acceptors (Lipinski definition) is 2. The third kappa shape index (κ3) is 4.01. The smallest absolute Gasteiger partial charge is 0.142 e. The molecule has 2 atom stereocenters. The van der Waals surface area contributed by atoms with E-state index in [1.54, 1.807) is 6.07 Å². The number of rotatable bonds is 6. The van der Waals surface area contributed by atoms with Crippen molar-refractivity contribution in [2.75, 3.05) is 13.2 Å². The number of ether oxygens (including phenoxy) is 1. The lowest BCUT2D eigenvalue weighted by Gasteiger charge is -2.23. The summed E-state index contributed by atoms with van der Waals surface area (Å²) in [6.45, 7) is 3.85. The van der Waals surface area contributed by atoms with Gasteiger partial charge in [-0.3, -0.25) is 0 Å². The predicted molar refractivity (Wildman–Crippen MR) is 78.7 cm³/mol. The van der Waals surface area contributed by atoms with Crippen LogP contribution in [0.1, 0.15) is 44.2 Å². The van der Waals surface area contributed by atoms with Crippen LogP contribution < -0.4 is 5.32 Å². The summed E-state index contributed by atoms with van der Waals surface area (Å²) < 4.78 is 20.4. The van der Waals surface area contributed by atoms with Crippen LogP contribution in [-0.4, -0.2) is 19.3 Å². The lowest BCUT2D eigenvalue weighted by molar-refractivity contribution is 0.0942. The molecule has 1 N–H and O–H groups in total. The monoisotopic (exact) mass is 329 g/mol. The molecule has 106 valence electrons. The summed E-state index contributed by atoms with van der Waals surface area (Å²) >= 11 is 3.26. The molecule has 0 saturated carbocycles. The van der Waals surface area contributed by atoms with E-state index in [0.717, 1.165) is 44.4 Å². The quantitative estimate of drug-likeness (QED) is 0.844. The third-order valence-corrected chi connectivity index (χ3v) is 4.13. The van der Waals surface area contributed by atoms with Crippen molar-refractivity contribution in [2.45, 2.75) is 44.8 Å². The van der Waals surface area contributed by atoms with E-state index in [1.165, 1.54) is 0 Å². The van der Waals surface area contributed by atoms with Crippen LogP contribution >= 0.6 is 15.9 Å². The Morgan fingerprint density at radius 1 is 1.53 bits per heavy atom. The topological polar surface area (TPSA) is 21.3 Å².